The third-order valence-electron chi connectivity index (χ3n) is 4.12. The van der Waals surface area contributed by atoms with E-state index < -0.39 is 0 Å². The van der Waals surface area contributed by atoms with Crippen molar-refractivity contribution >= 4 is 5.82 Å². The molecule has 0 aliphatic heterocycles. The van der Waals surface area contributed by atoms with Crippen molar-refractivity contribution in [3.05, 3.63) is 76.5 Å². The highest BCUT2D eigenvalue weighted by Crippen LogP contribution is 2.21. The number of nitrogen functional groups attached to an aromatic ring is 1. The van der Waals surface area contributed by atoms with Crippen molar-refractivity contribution in [1.29, 1.82) is 5.26 Å². The molecule has 0 fully saturated rings. The zero-order valence-corrected chi connectivity index (χ0v) is 14.4. The van der Waals surface area contributed by atoms with Crippen molar-refractivity contribution in [3.8, 4) is 11.8 Å². The molecule has 0 radical (unpaired) electrons. The lowest BCUT2D eigenvalue weighted by atomic mass is 10.1. The molecule has 3 aromatic rings. The molecule has 0 unspecified atom stereocenters. The minimum absolute atomic E-state index is 0.404. The van der Waals surface area contributed by atoms with E-state index in [9.17, 15) is 5.26 Å². The molecule has 5 heteroatoms. The Hall–Kier alpha value is -3.26. The van der Waals surface area contributed by atoms with E-state index in [-0.39, 0.29) is 0 Å². The Morgan fingerprint density at radius 3 is 2.56 bits per heavy atom. The molecule has 0 bridgehead atoms. The van der Waals surface area contributed by atoms with Crippen LogP contribution in [-0.2, 0) is 13.0 Å². The smallest absolute Gasteiger partial charge is 0.140 e. The minimum atomic E-state index is 0.404. The maximum atomic E-state index is 9.48. The predicted octanol–water partition coefficient (Wildman–Crippen LogP) is 3.29. The summed E-state index contributed by atoms with van der Waals surface area (Å²) in [6.45, 7) is 2.56. The maximum Gasteiger partial charge on any atom is 0.140 e. The normalized spacial score (nSPS) is 10.4. The van der Waals surface area contributed by atoms with Gasteiger partial charge in [0.1, 0.15) is 23.2 Å². The zero-order chi connectivity index (χ0) is 17.8. The van der Waals surface area contributed by atoms with Gasteiger partial charge >= 0.3 is 0 Å². The summed E-state index contributed by atoms with van der Waals surface area (Å²) in [5, 5.41) is 14.1. The van der Waals surface area contributed by atoms with Gasteiger partial charge < -0.3 is 10.5 Å². The third-order valence-corrected chi connectivity index (χ3v) is 4.12. The number of aromatic nitrogens is 2. The van der Waals surface area contributed by atoms with Crippen LogP contribution in [0.4, 0.5) is 5.82 Å². The predicted molar refractivity (Wildman–Crippen MR) is 97.4 cm³/mol. The summed E-state index contributed by atoms with van der Waals surface area (Å²) >= 11 is 0. The molecule has 5 nitrogen and oxygen atoms in total. The summed E-state index contributed by atoms with van der Waals surface area (Å²) in [6, 6.07) is 18.1. The number of hydrogen-bond donors (Lipinski definition) is 1. The van der Waals surface area contributed by atoms with E-state index >= 15 is 0 Å². The van der Waals surface area contributed by atoms with E-state index in [0.717, 1.165) is 16.9 Å². The molecule has 0 aliphatic carbocycles. The summed E-state index contributed by atoms with van der Waals surface area (Å²) in [6.07, 6.45) is 0.588. The number of benzene rings is 2. The van der Waals surface area contributed by atoms with Gasteiger partial charge in [-0.3, -0.25) is 0 Å². The summed E-state index contributed by atoms with van der Waals surface area (Å²) < 4.78 is 6.86. The number of nitriles is 1. The molecule has 0 amide bonds. The minimum Gasteiger partial charge on any atom is -0.497 e. The van der Waals surface area contributed by atoms with Crippen LogP contribution in [0.5, 0.6) is 5.75 Å². The number of rotatable bonds is 5. The molecule has 0 spiro atoms. The number of nitrogens with zero attached hydrogens (tertiary/aromatic N) is 3. The molecule has 0 aliphatic rings. The highest BCUT2D eigenvalue weighted by Gasteiger charge is 2.16. The van der Waals surface area contributed by atoms with Crippen LogP contribution in [0.3, 0.4) is 0 Å². The summed E-state index contributed by atoms with van der Waals surface area (Å²) in [5.41, 5.74) is 10.7. The van der Waals surface area contributed by atoms with Crippen molar-refractivity contribution in [2.24, 2.45) is 0 Å². The molecule has 3 rings (SSSR count). The van der Waals surface area contributed by atoms with E-state index in [2.05, 4.69) is 17.2 Å². The van der Waals surface area contributed by atoms with Crippen molar-refractivity contribution in [2.45, 2.75) is 19.9 Å². The van der Waals surface area contributed by atoms with Crippen LogP contribution in [-0.4, -0.2) is 16.9 Å². The zero-order valence-electron chi connectivity index (χ0n) is 14.4. The number of hydrogen-bond acceptors (Lipinski definition) is 4. The van der Waals surface area contributed by atoms with Gasteiger partial charge in [-0.2, -0.15) is 10.4 Å². The molecule has 1 heterocycles. The van der Waals surface area contributed by atoms with E-state index in [1.54, 1.807) is 11.8 Å². The Bertz CT molecular complexity index is 920. The van der Waals surface area contributed by atoms with Crippen molar-refractivity contribution in [1.82, 2.24) is 9.78 Å². The number of anilines is 1. The Labute approximate surface area is 147 Å². The van der Waals surface area contributed by atoms with E-state index in [1.807, 2.05) is 49.4 Å². The fraction of sp³-hybridized carbons (Fsp3) is 0.200. The Morgan fingerprint density at radius 1 is 1.16 bits per heavy atom. The Kier molecular flexibility index (Phi) is 4.71. The van der Waals surface area contributed by atoms with E-state index in [1.165, 1.54) is 5.56 Å². The average molecular weight is 332 g/mol. The maximum absolute atomic E-state index is 9.48. The highest BCUT2D eigenvalue weighted by molar-refractivity contribution is 5.53. The fourth-order valence-corrected chi connectivity index (χ4v) is 2.81. The molecular weight excluding hydrogens is 312 g/mol. The largest absolute Gasteiger partial charge is 0.497 e. The van der Waals surface area contributed by atoms with Gasteiger partial charge in [-0.15, -0.1) is 0 Å². The van der Waals surface area contributed by atoms with Gasteiger partial charge in [0, 0.05) is 6.42 Å². The lowest BCUT2D eigenvalue weighted by Crippen LogP contribution is -2.06. The Morgan fingerprint density at radius 2 is 1.92 bits per heavy atom. The fourth-order valence-electron chi connectivity index (χ4n) is 2.81. The van der Waals surface area contributed by atoms with Crippen LogP contribution in [0.2, 0.25) is 0 Å². The monoisotopic (exact) mass is 332 g/mol. The van der Waals surface area contributed by atoms with Crippen LogP contribution in [0.25, 0.3) is 0 Å². The van der Waals surface area contributed by atoms with Crippen molar-refractivity contribution < 1.29 is 4.74 Å². The standard InChI is InChI=1S/C20H20N4O/c1-14-4-3-5-16(10-14)11-19-18(12-21)20(22)24(23-19)13-15-6-8-17(25-2)9-7-15/h3-10H,11,13,22H2,1-2H3. The molecule has 0 saturated heterocycles. The first-order valence-electron chi connectivity index (χ1n) is 8.04. The first kappa shape index (κ1) is 16.6. The summed E-state index contributed by atoms with van der Waals surface area (Å²) in [5.74, 6) is 1.20. The lowest BCUT2D eigenvalue weighted by molar-refractivity contribution is 0.414. The van der Waals surface area contributed by atoms with Gasteiger partial charge in [-0.1, -0.05) is 42.0 Å². The summed E-state index contributed by atoms with van der Waals surface area (Å²) in [4.78, 5) is 0. The molecule has 25 heavy (non-hydrogen) atoms. The first-order chi connectivity index (χ1) is 12.1. The van der Waals surface area contributed by atoms with Crippen LogP contribution < -0.4 is 10.5 Å². The van der Waals surface area contributed by atoms with E-state index in [0.29, 0.717) is 30.0 Å². The number of nitrogens with two attached hydrogens (primary N) is 1. The van der Waals surface area contributed by atoms with Gasteiger partial charge in [0.25, 0.3) is 0 Å². The highest BCUT2D eigenvalue weighted by atomic mass is 16.5. The van der Waals surface area contributed by atoms with Crippen LogP contribution in [0.15, 0.2) is 48.5 Å². The van der Waals surface area contributed by atoms with Gasteiger partial charge in [0.2, 0.25) is 0 Å². The topological polar surface area (TPSA) is 76.9 Å². The first-order valence-corrected chi connectivity index (χ1v) is 8.04. The SMILES string of the molecule is COc1ccc(Cn2nc(Cc3cccc(C)c3)c(C#N)c2N)cc1. The third kappa shape index (κ3) is 3.64. The Balaban J connectivity index is 1.88. The van der Waals surface area contributed by atoms with Crippen LogP contribution >= 0.6 is 0 Å². The molecule has 1 aromatic heterocycles. The molecule has 2 aromatic carbocycles. The van der Waals surface area contributed by atoms with Gasteiger partial charge in [-0.25, -0.2) is 4.68 Å². The van der Waals surface area contributed by atoms with Crippen molar-refractivity contribution in [3.63, 3.8) is 0 Å². The molecule has 126 valence electrons. The molecular formula is C20H20N4O. The summed E-state index contributed by atoms with van der Waals surface area (Å²) in [7, 11) is 1.64. The molecule has 0 atom stereocenters. The number of methoxy groups -OCH3 is 1. The second-order valence-electron chi connectivity index (χ2n) is 5.99. The quantitative estimate of drug-likeness (QED) is 0.778. The van der Waals surface area contributed by atoms with Crippen LogP contribution in [0.1, 0.15) is 27.9 Å². The van der Waals surface area contributed by atoms with Gasteiger partial charge in [0.15, 0.2) is 0 Å². The van der Waals surface area contributed by atoms with Gasteiger partial charge in [0.05, 0.1) is 19.3 Å². The van der Waals surface area contributed by atoms with E-state index in [4.69, 9.17) is 10.5 Å². The average Bonchev–Trinajstić information content (AvgIpc) is 2.90. The van der Waals surface area contributed by atoms with Gasteiger partial charge in [-0.05, 0) is 30.2 Å². The second-order valence-corrected chi connectivity index (χ2v) is 5.99. The molecule has 2 N–H and O–H groups in total. The second kappa shape index (κ2) is 7.10. The number of ether oxygens (including phenoxy) is 1. The van der Waals surface area contributed by atoms with Crippen LogP contribution in [0, 0.1) is 18.3 Å². The lowest BCUT2D eigenvalue weighted by Gasteiger charge is -2.05. The number of aryl methyl sites for hydroxylation is 1. The molecule has 0 saturated carbocycles. The van der Waals surface area contributed by atoms with Crippen molar-refractivity contribution in [2.75, 3.05) is 12.8 Å².